The first-order chi connectivity index (χ1) is 11.5. The average molecular weight is 385 g/mol. The number of carbonyl (C=O) groups excluding carboxylic acids is 1. The highest BCUT2D eigenvalue weighted by atomic mass is 79.9. The molecule has 0 bridgehead atoms. The van der Waals surface area contributed by atoms with Gasteiger partial charge >= 0.3 is 0 Å². The van der Waals surface area contributed by atoms with Gasteiger partial charge in [-0.05, 0) is 36.8 Å². The van der Waals surface area contributed by atoms with Gasteiger partial charge in [-0.15, -0.1) is 0 Å². The van der Waals surface area contributed by atoms with Crippen molar-refractivity contribution in [2.24, 2.45) is 7.05 Å². The van der Waals surface area contributed by atoms with Crippen molar-refractivity contribution in [3.63, 3.8) is 0 Å². The smallest absolute Gasteiger partial charge is 0.257 e. The molecule has 2 aromatic carbocycles. The third-order valence-corrected chi connectivity index (χ3v) is 4.53. The van der Waals surface area contributed by atoms with Crippen LogP contribution in [-0.4, -0.2) is 10.5 Å². The topological polar surface area (TPSA) is 51.1 Å². The second kappa shape index (κ2) is 6.61. The monoisotopic (exact) mass is 384 g/mol. The summed E-state index contributed by atoms with van der Waals surface area (Å²) in [5, 5.41) is 3.44. The largest absolute Gasteiger partial charge is 0.350 e. The summed E-state index contributed by atoms with van der Waals surface area (Å²) in [4.78, 5) is 25.2. The van der Waals surface area contributed by atoms with Crippen LogP contribution in [0, 0.1) is 0 Å². The van der Waals surface area contributed by atoms with Gasteiger partial charge in [-0.25, -0.2) is 0 Å². The first kappa shape index (κ1) is 16.5. The molecule has 1 heterocycles. The van der Waals surface area contributed by atoms with Crippen molar-refractivity contribution >= 4 is 32.7 Å². The summed E-state index contributed by atoms with van der Waals surface area (Å²) in [6, 6.07) is 14.8. The molecule has 0 radical (unpaired) electrons. The number of nitrogens with one attached hydrogen (secondary N) is 1. The predicted octanol–water partition coefficient (Wildman–Crippen LogP) is 3.79. The molecule has 0 aliphatic rings. The number of aryl methyl sites for hydroxylation is 1. The van der Waals surface area contributed by atoms with Gasteiger partial charge in [0, 0.05) is 23.1 Å². The molecule has 0 unspecified atom stereocenters. The summed E-state index contributed by atoms with van der Waals surface area (Å²) in [6.45, 7) is 1.89. The van der Waals surface area contributed by atoms with Crippen molar-refractivity contribution in [1.82, 2.24) is 9.88 Å². The molecule has 1 aromatic heterocycles. The van der Waals surface area contributed by atoms with E-state index in [4.69, 9.17) is 0 Å². The lowest BCUT2D eigenvalue weighted by atomic mass is 10.1. The van der Waals surface area contributed by atoms with E-state index in [1.165, 1.54) is 0 Å². The maximum absolute atomic E-state index is 12.6. The summed E-state index contributed by atoms with van der Waals surface area (Å²) >= 11 is 3.42. The number of fused-ring (bicyclic) bond motifs is 1. The van der Waals surface area contributed by atoms with Crippen molar-refractivity contribution in [3.8, 4) is 0 Å². The van der Waals surface area contributed by atoms with Crippen LogP contribution in [0.1, 0.15) is 28.9 Å². The molecule has 0 aliphatic heterocycles. The lowest BCUT2D eigenvalue weighted by Gasteiger charge is -2.15. The Balaban J connectivity index is 1.94. The highest BCUT2D eigenvalue weighted by Gasteiger charge is 2.17. The molecule has 24 heavy (non-hydrogen) atoms. The fraction of sp³-hybridized carbons (Fsp3) is 0.158. The molecule has 122 valence electrons. The zero-order chi connectivity index (χ0) is 17.3. The van der Waals surface area contributed by atoms with Crippen molar-refractivity contribution in [3.05, 3.63) is 80.6 Å². The molecule has 4 nitrogen and oxygen atoms in total. The van der Waals surface area contributed by atoms with Crippen LogP contribution in [-0.2, 0) is 7.05 Å². The Hall–Kier alpha value is -2.40. The van der Waals surface area contributed by atoms with E-state index in [-0.39, 0.29) is 22.9 Å². The van der Waals surface area contributed by atoms with Crippen molar-refractivity contribution in [2.45, 2.75) is 13.0 Å². The van der Waals surface area contributed by atoms with Crippen LogP contribution >= 0.6 is 15.9 Å². The third-order valence-electron chi connectivity index (χ3n) is 4.04. The van der Waals surface area contributed by atoms with E-state index in [0.717, 1.165) is 15.6 Å². The molecule has 0 spiro atoms. The number of pyridine rings is 1. The van der Waals surface area contributed by atoms with Crippen LogP contribution in [0.4, 0.5) is 0 Å². The van der Waals surface area contributed by atoms with E-state index < -0.39 is 0 Å². The van der Waals surface area contributed by atoms with Crippen molar-refractivity contribution in [1.29, 1.82) is 0 Å². The van der Waals surface area contributed by atoms with Gasteiger partial charge in [0.15, 0.2) is 0 Å². The highest BCUT2D eigenvalue weighted by molar-refractivity contribution is 9.10. The first-order valence-corrected chi connectivity index (χ1v) is 8.41. The molecule has 1 atom stereocenters. The Kier molecular flexibility index (Phi) is 4.53. The van der Waals surface area contributed by atoms with Gasteiger partial charge in [-0.3, -0.25) is 9.59 Å². The average Bonchev–Trinajstić information content (AvgIpc) is 2.58. The molecule has 5 heteroatoms. The quantitative estimate of drug-likeness (QED) is 0.746. The summed E-state index contributed by atoms with van der Waals surface area (Å²) in [5.41, 5.74) is 1.68. The molecule has 1 amide bonds. The summed E-state index contributed by atoms with van der Waals surface area (Å²) < 4.78 is 2.75. The minimum absolute atomic E-state index is 0.151. The van der Waals surface area contributed by atoms with E-state index in [9.17, 15) is 9.59 Å². The molecule has 0 fully saturated rings. The highest BCUT2D eigenvalue weighted by Crippen LogP contribution is 2.18. The number of aromatic nitrogens is 1. The number of amides is 1. The van der Waals surface area contributed by atoms with Crippen molar-refractivity contribution < 1.29 is 4.79 Å². The van der Waals surface area contributed by atoms with E-state index in [2.05, 4.69) is 21.2 Å². The molecule has 3 aromatic rings. The lowest BCUT2D eigenvalue weighted by Crippen LogP contribution is -2.31. The number of para-hydroxylation sites is 1. The number of hydrogen-bond donors (Lipinski definition) is 1. The van der Waals surface area contributed by atoms with Crippen LogP contribution in [0.5, 0.6) is 0 Å². The molecule has 0 saturated heterocycles. The molecule has 0 aliphatic carbocycles. The number of hydrogen-bond acceptors (Lipinski definition) is 2. The van der Waals surface area contributed by atoms with E-state index in [1.54, 1.807) is 22.9 Å². The van der Waals surface area contributed by atoms with Gasteiger partial charge in [-0.1, -0.05) is 40.2 Å². The fourth-order valence-electron chi connectivity index (χ4n) is 2.74. The van der Waals surface area contributed by atoms with Gasteiger partial charge < -0.3 is 9.88 Å². The van der Waals surface area contributed by atoms with Crippen LogP contribution in [0.25, 0.3) is 10.9 Å². The van der Waals surface area contributed by atoms with E-state index in [1.807, 2.05) is 50.4 Å². The van der Waals surface area contributed by atoms with E-state index >= 15 is 0 Å². The van der Waals surface area contributed by atoms with Gasteiger partial charge in [-0.2, -0.15) is 0 Å². The standard InChI is InChI=1S/C19H17BrN2O2/c1-12(13-6-5-7-14(20)10-13)21-19(24)16-11-22(2)17-9-4-3-8-15(17)18(16)23/h3-12H,1-2H3,(H,21,24)/t12-/m0/s1. The predicted molar refractivity (Wildman–Crippen MR) is 99.2 cm³/mol. The summed E-state index contributed by atoms with van der Waals surface area (Å²) in [5.74, 6) is -0.367. The van der Waals surface area contributed by atoms with Crippen LogP contribution in [0.3, 0.4) is 0 Å². The van der Waals surface area contributed by atoms with E-state index in [0.29, 0.717) is 5.39 Å². The number of benzene rings is 2. The molecule has 0 saturated carbocycles. The van der Waals surface area contributed by atoms with Crippen LogP contribution in [0.2, 0.25) is 0 Å². The van der Waals surface area contributed by atoms with Crippen molar-refractivity contribution in [2.75, 3.05) is 0 Å². The SMILES string of the molecule is C[C@H](NC(=O)c1cn(C)c2ccccc2c1=O)c1cccc(Br)c1. The normalized spacial score (nSPS) is 12.1. The maximum Gasteiger partial charge on any atom is 0.257 e. The Morgan fingerprint density at radius 1 is 1.17 bits per heavy atom. The maximum atomic E-state index is 12.6. The van der Waals surface area contributed by atoms with Crippen LogP contribution in [0.15, 0.2) is 64.0 Å². The summed E-state index contributed by atoms with van der Waals surface area (Å²) in [7, 11) is 1.83. The second-order valence-electron chi connectivity index (χ2n) is 5.75. The number of rotatable bonds is 3. The minimum atomic E-state index is -0.367. The number of nitrogens with zero attached hydrogens (tertiary/aromatic N) is 1. The Morgan fingerprint density at radius 3 is 2.67 bits per heavy atom. The minimum Gasteiger partial charge on any atom is -0.350 e. The molecule has 1 N–H and O–H groups in total. The summed E-state index contributed by atoms with van der Waals surface area (Å²) in [6.07, 6.45) is 1.59. The van der Waals surface area contributed by atoms with Crippen LogP contribution < -0.4 is 10.7 Å². The first-order valence-electron chi connectivity index (χ1n) is 7.62. The second-order valence-corrected chi connectivity index (χ2v) is 6.67. The Labute approximate surface area is 148 Å². The van der Waals surface area contributed by atoms with Gasteiger partial charge in [0.2, 0.25) is 5.43 Å². The third kappa shape index (κ3) is 3.12. The Morgan fingerprint density at radius 2 is 1.92 bits per heavy atom. The van der Waals surface area contributed by atoms with Gasteiger partial charge in [0.05, 0.1) is 11.6 Å². The number of halogens is 1. The van der Waals surface area contributed by atoms with Gasteiger partial charge in [0.25, 0.3) is 5.91 Å². The molecular weight excluding hydrogens is 368 g/mol. The lowest BCUT2D eigenvalue weighted by molar-refractivity contribution is 0.0938. The molecular formula is C19H17BrN2O2. The Bertz CT molecular complexity index is 979. The zero-order valence-electron chi connectivity index (χ0n) is 13.4. The number of carbonyl (C=O) groups is 1. The molecule has 3 rings (SSSR count). The van der Waals surface area contributed by atoms with Gasteiger partial charge in [0.1, 0.15) is 5.56 Å². The zero-order valence-corrected chi connectivity index (χ0v) is 15.0. The fourth-order valence-corrected chi connectivity index (χ4v) is 3.15.